The maximum Gasteiger partial charge on any atom is 0.144 e. The highest BCUT2D eigenvalue weighted by atomic mass is 16.5. The summed E-state index contributed by atoms with van der Waals surface area (Å²) in [4.78, 5) is 11.5. The molecular weight excluding hydrogens is 152 g/mol. The normalized spacial score (nSPS) is 32.4. The largest absolute Gasteiger partial charge is 0.377 e. The Labute approximate surface area is 73.3 Å². The van der Waals surface area contributed by atoms with Crippen molar-refractivity contribution in [1.29, 1.82) is 0 Å². The highest BCUT2D eigenvalue weighted by molar-refractivity contribution is 5.92. The summed E-state index contributed by atoms with van der Waals surface area (Å²) in [5.74, 6) is 0.457. The number of hydrogen-bond acceptors (Lipinski definition) is 2. The lowest BCUT2D eigenvalue weighted by molar-refractivity contribution is -0.162. The van der Waals surface area contributed by atoms with Gasteiger partial charge in [-0.05, 0) is 19.8 Å². The van der Waals surface area contributed by atoms with Crippen LogP contribution in [0.2, 0.25) is 0 Å². The van der Waals surface area contributed by atoms with Gasteiger partial charge in [0.2, 0.25) is 0 Å². The van der Waals surface area contributed by atoms with Gasteiger partial charge < -0.3 is 4.74 Å². The van der Waals surface area contributed by atoms with E-state index in [1.165, 1.54) is 12.8 Å². The summed E-state index contributed by atoms with van der Waals surface area (Å²) in [7, 11) is 0. The van der Waals surface area contributed by atoms with Crippen molar-refractivity contribution in [1.82, 2.24) is 0 Å². The monoisotopic (exact) mass is 168 g/mol. The van der Waals surface area contributed by atoms with Crippen molar-refractivity contribution >= 4 is 5.78 Å². The van der Waals surface area contributed by atoms with Crippen LogP contribution >= 0.6 is 0 Å². The minimum Gasteiger partial charge on any atom is -0.377 e. The molecule has 68 valence electrons. The van der Waals surface area contributed by atoms with E-state index in [4.69, 9.17) is 4.74 Å². The lowest BCUT2D eigenvalue weighted by Gasteiger charge is -2.44. The molecule has 2 aliphatic rings. The molecule has 12 heavy (non-hydrogen) atoms. The van der Waals surface area contributed by atoms with Gasteiger partial charge in [0.15, 0.2) is 0 Å². The second kappa shape index (κ2) is 2.84. The van der Waals surface area contributed by atoms with Crippen molar-refractivity contribution in [3.63, 3.8) is 0 Å². The highest BCUT2D eigenvalue weighted by Crippen LogP contribution is 2.51. The van der Waals surface area contributed by atoms with E-state index in [0.29, 0.717) is 12.2 Å². The van der Waals surface area contributed by atoms with Crippen LogP contribution in [0.15, 0.2) is 0 Å². The van der Waals surface area contributed by atoms with Gasteiger partial charge in [-0.1, -0.05) is 12.8 Å². The van der Waals surface area contributed by atoms with E-state index in [0.717, 1.165) is 19.4 Å². The van der Waals surface area contributed by atoms with Gasteiger partial charge in [-0.25, -0.2) is 0 Å². The summed E-state index contributed by atoms with van der Waals surface area (Å²) in [5, 5.41) is 0. The van der Waals surface area contributed by atoms with E-state index in [-0.39, 0.29) is 11.5 Å². The summed E-state index contributed by atoms with van der Waals surface area (Å²) in [6, 6.07) is 0. The minimum atomic E-state index is -0.0178. The highest BCUT2D eigenvalue weighted by Gasteiger charge is 2.56. The van der Waals surface area contributed by atoms with Crippen LogP contribution < -0.4 is 0 Å². The van der Waals surface area contributed by atoms with Crippen LogP contribution in [0.25, 0.3) is 0 Å². The summed E-state index contributed by atoms with van der Waals surface area (Å²) >= 11 is 0. The molecule has 0 aromatic carbocycles. The molecule has 2 saturated carbocycles. The quantitative estimate of drug-likeness (QED) is 0.629. The number of hydrogen-bond donors (Lipinski definition) is 0. The van der Waals surface area contributed by atoms with E-state index < -0.39 is 0 Å². The Balaban J connectivity index is 2.05. The number of carbonyl (C=O) groups excluding carboxylic acids is 1. The van der Waals surface area contributed by atoms with Gasteiger partial charge in [-0.3, -0.25) is 4.79 Å². The third-order valence-corrected chi connectivity index (χ3v) is 3.41. The van der Waals surface area contributed by atoms with Crippen LogP contribution in [0, 0.1) is 5.41 Å². The van der Waals surface area contributed by atoms with Crippen LogP contribution in [-0.2, 0) is 9.53 Å². The topological polar surface area (TPSA) is 26.3 Å². The fraction of sp³-hybridized carbons (Fsp3) is 0.900. The molecule has 0 aliphatic heterocycles. The van der Waals surface area contributed by atoms with Gasteiger partial charge in [-0.2, -0.15) is 0 Å². The number of Topliss-reactive ketones (excluding diaryl/α,β-unsaturated/α-hetero) is 1. The van der Waals surface area contributed by atoms with Crippen molar-refractivity contribution in [2.24, 2.45) is 5.41 Å². The first kappa shape index (κ1) is 8.24. The van der Waals surface area contributed by atoms with Crippen LogP contribution in [-0.4, -0.2) is 18.5 Å². The zero-order valence-electron chi connectivity index (χ0n) is 7.64. The Morgan fingerprint density at radius 3 is 2.67 bits per heavy atom. The molecule has 2 aliphatic carbocycles. The summed E-state index contributed by atoms with van der Waals surface area (Å²) in [6.07, 6.45) is 5.53. The molecule has 0 aromatic rings. The van der Waals surface area contributed by atoms with Gasteiger partial charge in [0, 0.05) is 13.0 Å². The zero-order valence-corrected chi connectivity index (χ0v) is 7.64. The van der Waals surface area contributed by atoms with Crippen molar-refractivity contribution in [3.8, 4) is 0 Å². The lowest BCUT2D eigenvalue weighted by atomic mass is 9.63. The Morgan fingerprint density at radius 2 is 2.17 bits per heavy atom. The first-order valence-corrected chi connectivity index (χ1v) is 4.94. The number of ether oxygens (including phenoxy) is 1. The van der Waals surface area contributed by atoms with E-state index in [9.17, 15) is 4.79 Å². The average molecular weight is 168 g/mol. The summed E-state index contributed by atoms with van der Waals surface area (Å²) < 4.78 is 5.57. The molecule has 0 radical (unpaired) electrons. The molecule has 2 rings (SSSR count). The average Bonchev–Trinajstić information content (AvgIpc) is 2.55. The molecule has 0 amide bonds. The van der Waals surface area contributed by atoms with Crippen molar-refractivity contribution in [3.05, 3.63) is 0 Å². The van der Waals surface area contributed by atoms with Crippen LogP contribution in [0.4, 0.5) is 0 Å². The molecule has 1 spiro atoms. The predicted molar refractivity (Wildman–Crippen MR) is 45.9 cm³/mol. The fourth-order valence-electron chi connectivity index (χ4n) is 2.64. The second-order valence-electron chi connectivity index (χ2n) is 3.93. The summed E-state index contributed by atoms with van der Waals surface area (Å²) in [6.45, 7) is 2.76. The molecule has 0 heterocycles. The van der Waals surface area contributed by atoms with Crippen molar-refractivity contribution in [2.75, 3.05) is 6.61 Å². The fourth-order valence-corrected chi connectivity index (χ4v) is 2.64. The Kier molecular flexibility index (Phi) is 1.95. The molecule has 0 saturated heterocycles. The van der Waals surface area contributed by atoms with E-state index in [2.05, 4.69) is 0 Å². The van der Waals surface area contributed by atoms with Crippen LogP contribution in [0.3, 0.4) is 0 Å². The smallest absolute Gasteiger partial charge is 0.144 e. The maximum atomic E-state index is 11.5. The Hall–Kier alpha value is -0.370. The molecule has 2 heteroatoms. The van der Waals surface area contributed by atoms with Crippen molar-refractivity contribution < 1.29 is 9.53 Å². The van der Waals surface area contributed by atoms with Crippen LogP contribution in [0.5, 0.6) is 0 Å². The van der Waals surface area contributed by atoms with Gasteiger partial charge in [-0.15, -0.1) is 0 Å². The standard InChI is InChI=1S/C10H16O2/c1-2-12-9-7-8(11)10(9)5-3-4-6-10/h9H,2-7H2,1H3/t9-/m1/s1. The molecule has 0 bridgehead atoms. The van der Waals surface area contributed by atoms with Gasteiger partial charge in [0.1, 0.15) is 5.78 Å². The molecular formula is C10H16O2. The molecule has 0 aromatic heterocycles. The van der Waals surface area contributed by atoms with Gasteiger partial charge >= 0.3 is 0 Å². The third kappa shape index (κ3) is 0.939. The summed E-state index contributed by atoms with van der Waals surface area (Å²) in [5.41, 5.74) is -0.0178. The van der Waals surface area contributed by atoms with E-state index in [1.54, 1.807) is 0 Å². The van der Waals surface area contributed by atoms with E-state index in [1.807, 2.05) is 6.92 Å². The predicted octanol–water partition coefficient (Wildman–Crippen LogP) is 1.92. The first-order chi connectivity index (χ1) is 5.79. The maximum absolute atomic E-state index is 11.5. The van der Waals surface area contributed by atoms with Gasteiger partial charge in [0.25, 0.3) is 0 Å². The van der Waals surface area contributed by atoms with Gasteiger partial charge in [0.05, 0.1) is 11.5 Å². The molecule has 0 unspecified atom stereocenters. The SMILES string of the molecule is CCO[C@@H]1CC(=O)C12CCCC2. The molecule has 1 atom stereocenters. The lowest BCUT2D eigenvalue weighted by Crippen LogP contribution is -2.53. The number of carbonyl (C=O) groups is 1. The minimum absolute atomic E-state index is 0.0178. The van der Waals surface area contributed by atoms with Crippen LogP contribution in [0.1, 0.15) is 39.0 Å². The first-order valence-electron chi connectivity index (χ1n) is 4.94. The number of rotatable bonds is 2. The second-order valence-corrected chi connectivity index (χ2v) is 3.93. The third-order valence-electron chi connectivity index (χ3n) is 3.41. The molecule has 2 nitrogen and oxygen atoms in total. The molecule has 2 fully saturated rings. The molecule has 0 N–H and O–H groups in total. The number of ketones is 1. The Morgan fingerprint density at radius 1 is 1.50 bits per heavy atom. The van der Waals surface area contributed by atoms with E-state index >= 15 is 0 Å². The van der Waals surface area contributed by atoms with Crippen molar-refractivity contribution in [2.45, 2.75) is 45.1 Å². The zero-order chi connectivity index (χ0) is 8.60. The Bertz CT molecular complexity index is 192.